The number of halogens is 1. The van der Waals surface area contributed by atoms with Crippen LogP contribution in [0, 0.1) is 35.0 Å². The van der Waals surface area contributed by atoms with Gasteiger partial charge in [0.2, 0.25) is 0 Å². The summed E-state index contributed by atoms with van der Waals surface area (Å²) in [6, 6.07) is 2.45. The van der Waals surface area contributed by atoms with Crippen molar-refractivity contribution >= 4 is 0 Å². The van der Waals surface area contributed by atoms with Gasteiger partial charge in [0.1, 0.15) is 0 Å². The molecule has 0 aromatic rings. The van der Waals surface area contributed by atoms with Crippen molar-refractivity contribution in [2.75, 3.05) is 0 Å². The Morgan fingerprint density at radius 1 is 0.864 bits per heavy atom. The van der Waals surface area contributed by atoms with E-state index in [2.05, 4.69) is 6.07 Å². The fourth-order valence-electron chi connectivity index (χ4n) is 4.60. The van der Waals surface area contributed by atoms with Crippen LogP contribution in [-0.2, 0) is 0 Å². The molecule has 22 heavy (non-hydrogen) atoms. The van der Waals surface area contributed by atoms with Crippen LogP contribution in [0.1, 0.15) is 83.5 Å². The summed E-state index contributed by atoms with van der Waals surface area (Å²) in [6.45, 7) is 0. The van der Waals surface area contributed by atoms with Gasteiger partial charge in [-0.1, -0.05) is 38.2 Å². The zero-order valence-corrected chi connectivity index (χ0v) is 14.0. The monoisotopic (exact) mass is 305 g/mol. The van der Waals surface area contributed by atoms with Crippen LogP contribution in [0.5, 0.6) is 0 Å². The first-order chi connectivity index (χ1) is 10.8. The lowest BCUT2D eigenvalue weighted by molar-refractivity contribution is 0.152. The first-order valence-electron chi connectivity index (χ1n) is 9.48. The molecule has 0 aliphatic heterocycles. The normalized spacial score (nSPS) is 32.9. The Balaban J connectivity index is 1.55. The molecule has 124 valence electrons. The molecule has 2 heteroatoms. The molecule has 0 bridgehead atoms. The summed E-state index contributed by atoms with van der Waals surface area (Å²) in [5, 5.41) is 9.00. The molecule has 1 nitrogen and oxygen atoms in total. The molecule has 0 N–H and O–H groups in total. The van der Waals surface area contributed by atoms with Gasteiger partial charge in [-0.05, 0) is 69.1 Å². The third-order valence-electron chi connectivity index (χ3n) is 6.08. The highest BCUT2D eigenvalue weighted by Crippen LogP contribution is 2.42. The second-order valence-electron chi connectivity index (χ2n) is 7.52. The maximum atomic E-state index is 11.8. The molecular weight excluding hydrogens is 273 g/mol. The molecule has 2 rings (SSSR count). The predicted octanol–water partition coefficient (Wildman–Crippen LogP) is 6.56. The quantitative estimate of drug-likeness (QED) is 0.489. The predicted molar refractivity (Wildman–Crippen MR) is 89.8 cm³/mol. The third-order valence-corrected chi connectivity index (χ3v) is 6.08. The Morgan fingerprint density at radius 2 is 1.50 bits per heavy atom. The van der Waals surface area contributed by atoms with Gasteiger partial charge in [0.05, 0.1) is 12.4 Å². The number of hydrogen-bond acceptors (Lipinski definition) is 1. The summed E-state index contributed by atoms with van der Waals surface area (Å²) in [6.07, 6.45) is 18.9. The van der Waals surface area contributed by atoms with Gasteiger partial charge < -0.3 is 0 Å². The molecule has 0 spiro atoms. The standard InChI is InChI=1S/C20H32FN/c21-15-5-3-1-2-4-6-17-7-11-19(12-8-17)20-13-9-18(16-22)10-14-20/h5,15,17-20H,1-4,6-14H2/b15-5+/t17-,18-,19-,20-. The lowest BCUT2D eigenvalue weighted by Gasteiger charge is -2.36. The third kappa shape index (κ3) is 5.75. The van der Waals surface area contributed by atoms with Gasteiger partial charge in [-0.2, -0.15) is 5.26 Å². The van der Waals surface area contributed by atoms with Gasteiger partial charge in [-0.25, -0.2) is 4.39 Å². The highest BCUT2D eigenvalue weighted by Gasteiger charge is 2.30. The Morgan fingerprint density at radius 3 is 2.09 bits per heavy atom. The highest BCUT2D eigenvalue weighted by molar-refractivity contribution is 4.89. The number of unbranched alkanes of at least 4 members (excludes halogenated alkanes) is 3. The molecule has 0 heterocycles. The van der Waals surface area contributed by atoms with Crippen molar-refractivity contribution in [3.63, 3.8) is 0 Å². The lowest BCUT2D eigenvalue weighted by atomic mass is 9.69. The Labute approximate surface area is 136 Å². The van der Waals surface area contributed by atoms with Crippen molar-refractivity contribution in [1.82, 2.24) is 0 Å². The van der Waals surface area contributed by atoms with E-state index in [0.29, 0.717) is 12.2 Å². The van der Waals surface area contributed by atoms with E-state index in [4.69, 9.17) is 5.26 Å². The van der Waals surface area contributed by atoms with Crippen LogP contribution in [0.3, 0.4) is 0 Å². The van der Waals surface area contributed by atoms with Crippen LogP contribution in [-0.4, -0.2) is 0 Å². The van der Waals surface area contributed by atoms with Gasteiger partial charge in [0, 0.05) is 5.92 Å². The van der Waals surface area contributed by atoms with E-state index in [-0.39, 0.29) is 0 Å². The smallest absolute Gasteiger partial charge is 0.0827 e. The number of hydrogen-bond donors (Lipinski definition) is 0. The molecule has 0 saturated heterocycles. The fourth-order valence-corrected chi connectivity index (χ4v) is 4.60. The lowest BCUT2D eigenvalue weighted by Crippen LogP contribution is -2.25. The van der Waals surface area contributed by atoms with Gasteiger partial charge in [-0.3, -0.25) is 0 Å². The molecule has 2 fully saturated rings. The van der Waals surface area contributed by atoms with Gasteiger partial charge in [-0.15, -0.1) is 0 Å². The van der Waals surface area contributed by atoms with Gasteiger partial charge in [0.15, 0.2) is 0 Å². The largest absolute Gasteiger partial charge is 0.216 e. The molecule has 0 aromatic heterocycles. The summed E-state index contributed by atoms with van der Waals surface area (Å²) in [7, 11) is 0. The van der Waals surface area contributed by atoms with E-state index in [9.17, 15) is 4.39 Å². The number of rotatable bonds is 7. The van der Waals surface area contributed by atoms with Crippen molar-refractivity contribution < 1.29 is 4.39 Å². The second kappa shape index (κ2) is 10.0. The maximum Gasteiger partial charge on any atom is 0.0827 e. The first-order valence-corrected chi connectivity index (χ1v) is 9.48. The summed E-state index contributed by atoms with van der Waals surface area (Å²) in [5.41, 5.74) is 0. The van der Waals surface area contributed by atoms with Gasteiger partial charge in [0.25, 0.3) is 0 Å². The minimum Gasteiger partial charge on any atom is -0.216 e. The topological polar surface area (TPSA) is 23.8 Å². The van der Waals surface area contributed by atoms with E-state index < -0.39 is 0 Å². The zero-order chi connectivity index (χ0) is 15.6. The molecule has 2 aliphatic carbocycles. The molecule has 2 saturated carbocycles. The van der Waals surface area contributed by atoms with Gasteiger partial charge >= 0.3 is 0 Å². The fraction of sp³-hybridized carbons (Fsp3) is 0.850. The minimum atomic E-state index is 0.347. The van der Waals surface area contributed by atoms with Crippen molar-refractivity contribution in [1.29, 1.82) is 5.26 Å². The van der Waals surface area contributed by atoms with Crippen molar-refractivity contribution in [2.45, 2.75) is 83.5 Å². The SMILES string of the molecule is N#C[C@H]1CC[C@H]([C@H]2CC[C@H](CCCCC/C=C/F)CC2)CC1. The average Bonchev–Trinajstić information content (AvgIpc) is 2.59. The van der Waals surface area contributed by atoms with Crippen LogP contribution in [0.2, 0.25) is 0 Å². The van der Waals surface area contributed by atoms with Crippen LogP contribution < -0.4 is 0 Å². The molecular formula is C20H32FN. The first kappa shape index (κ1) is 17.5. The van der Waals surface area contributed by atoms with Crippen LogP contribution in [0.25, 0.3) is 0 Å². The zero-order valence-electron chi connectivity index (χ0n) is 14.0. The van der Waals surface area contributed by atoms with E-state index >= 15 is 0 Å². The number of nitriles is 1. The summed E-state index contributed by atoms with van der Waals surface area (Å²) in [4.78, 5) is 0. The minimum absolute atomic E-state index is 0.347. The van der Waals surface area contributed by atoms with Crippen LogP contribution in [0.4, 0.5) is 4.39 Å². The summed E-state index contributed by atoms with van der Waals surface area (Å²) >= 11 is 0. The van der Waals surface area contributed by atoms with E-state index in [0.717, 1.165) is 43.4 Å². The van der Waals surface area contributed by atoms with Crippen LogP contribution >= 0.6 is 0 Å². The van der Waals surface area contributed by atoms with E-state index in [1.807, 2.05) is 0 Å². The van der Waals surface area contributed by atoms with Crippen molar-refractivity contribution in [2.24, 2.45) is 23.7 Å². The van der Waals surface area contributed by atoms with E-state index in [1.54, 1.807) is 6.08 Å². The van der Waals surface area contributed by atoms with Crippen molar-refractivity contribution in [3.05, 3.63) is 12.4 Å². The highest BCUT2D eigenvalue weighted by atomic mass is 19.1. The van der Waals surface area contributed by atoms with Crippen LogP contribution in [0.15, 0.2) is 12.4 Å². The molecule has 2 aliphatic rings. The second-order valence-corrected chi connectivity index (χ2v) is 7.52. The molecule has 0 unspecified atom stereocenters. The van der Waals surface area contributed by atoms with Crippen molar-refractivity contribution in [3.8, 4) is 6.07 Å². The molecule has 0 amide bonds. The summed E-state index contributed by atoms with van der Waals surface area (Å²) in [5.74, 6) is 3.16. The number of allylic oxidation sites excluding steroid dienone is 1. The molecule has 0 aromatic carbocycles. The van der Waals surface area contributed by atoms with E-state index in [1.165, 1.54) is 57.8 Å². The Kier molecular flexibility index (Phi) is 7.99. The number of nitrogens with zero attached hydrogens (tertiary/aromatic N) is 1. The maximum absolute atomic E-state index is 11.8. The average molecular weight is 305 g/mol. The Bertz CT molecular complexity index is 354. The molecule has 0 radical (unpaired) electrons. The summed E-state index contributed by atoms with van der Waals surface area (Å²) < 4.78 is 11.8. The molecule has 0 atom stereocenters. The Hall–Kier alpha value is -0.840.